The zero-order valence-corrected chi connectivity index (χ0v) is 11.9. The Hall–Kier alpha value is -0.990. The first-order valence-corrected chi connectivity index (χ1v) is 7.01. The molecular formula is C16H23F3. The molecule has 0 N–H and O–H groups in total. The minimum absolute atomic E-state index is 0.245. The quantitative estimate of drug-likeness (QED) is 0.593. The van der Waals surface area contributed by atoms with E-state index in [4.69, 9.17) is 0 Å². The molecule has 0 aromatic heterocycles. The van der Waals surface area contributed by atoms with E-state index in [1.54, 1.807) is 0 Å². The number of hydrogen-bond donors (Lipinski definition) is 0. The van der Waals surface area contributed by atoms with Crippen LogP contribution in [0, 0.1) is 5.92 Å². The van der Waals surface area contributed by atoms with Crippen LogP contribution in [-0.4, -0.2) is 0 Å². The summed E-state index contributed by atoms with van der Waals surface area (Å²) in [4.78, 5) is 0. The molecule has 0 spiro atoms. The van der Waals surface area contributed by atoms with Gasteiger partial charge in [0.25, 0.3) is 0 Å². The molecule has 0 amide bonds. The summed E-state index contributed by atoms with van der Waals surface area (Å²) in [5, 5.41) is 0. The highest BCUT2D eigenvalue weighted by Crippen LogP contribution is 2.34. The third-order valence-corrected chi connectivity index (χ3v) is 3.41. The van der Waals surface area contributed by atoms with Crippen LogP contribution in [0.25, 0.3) is 0 Å². The van der Waals surface area contributed by atoms with Gasteiger partial charge in [-0.15, -0.1) is 0 Å². The molecule has 19 heavy (non-hydrogen) atoms. The second-order valence-electron chi connectivity index (χ2n) is 5.58. The van der Waals surface area contributed by atoms with Crippen molar-refractivity contribution in [2.45, 2.75) is 58.5 Å². The molecule has 0 heterocycles. The summed E-state index contributed by atoms with van der Waals surface area (Å²) in [6.07, 6.45) is -0.272. The molecule has 1 atom stereocenters. The average molecular weight is 272 g/mol. The van der Waals surface area contributed by atoms with Gasteiger partial charge in [-0.3, -0.25) is 0 Å². The van der Waals surface area contributed by atoms with Crippen LogP contribution >= 0.6 is 0 Å². The van der Waals surface area contributed by atoms with Crippen molar-refractivity contribution < 1.29 is 13.2 Å². The lowest BCUT2D eigenvalue weighted by Crippen LogP contribution is -2.07. The summed E-state index contributed by atoms with van der Waals surface area (Å²) in [6, 6.07) is 5.82. The van der Waals surface area contributed by atoms with Crippen molar-refractivity contribution in [1.29, 1.82) is 0 Å². The van der Waals surface area contributed by atoms with Crippen LogP contribution in [-0.2, 0) is 6.18 Å². The van der Waals surface area contributed by atoms with Gasteiger partial charge in [0.15, 0.2) is 0 Å². The van der Waals surface area contributed by atoms with Gasteiger partial charge in [-0.05, 0) is 36.3 Å². The van der Waals surface area contributed by atoms with Gasteiger partial charge >= 0.3 is 6.18 Å². The van der Waals surface area contributed by atoms with Crippen LogP contribution in [0.1, 0.15) is 63.5 Å². The van der Waals surface area contributed by atoms with Crippen LogP contribution in [0.15, 0.2) is 24.3 Å². The smallest absolute Gasteiger partial charge is 0.166 e. The van der Waals surface area contributed by atoms with E-state index >= 15 is 0 Å². The fraction of sp³-hybridized carbons (Fsp3) is 0.625. The zero-order valence-electron chi connectivity index (χ0n) is 11.9. The van der Waals surface area contributed by atoms with Crippen molar-refractivity contribution in [3.05, 3.63) is 35.4 Å². The molecule has 1 aromatic carbocycles. The lowest BCUT2D eigenvalue weighted by atomic mass is 9.87. The molecular weight excluding hydrogens is 249 g/mol. The van der Waals surface area contributed by atoms with Crippen molar-refractivity contribution in [3.63, 3.8) is 0 Å². The largest absolute Gasteiger partial charge is 0.416 e. The number of halogens is 3. The van der Waals surface area contributed by atoms with E-state index in [1.807, 2.05) is 6.07 Å². The molecule has 0 fully saturated rings. The minimum atomic E-state index is -4.25. The minimum Gasteiger partial charge on any atom is -0.166 e. The van der Waals surface area contributed by atoms with Crippen molar-refractivity contribution >= 4 is 0 Å². The Morgan fingerprint density at radius 1 is 1.05 bits per heavy atom. The molecule has 1 rings (SSSR count). The Morgan fingerprint density at radius 3 is 2.26 bits per heavy atom. The van der Waals surface area contributed by atoms with Gasteiger partial charge in [0.1, 0.15) is 0 Å². The Kier molecular flexibility index (Phi) is 5.89. The fourth-order valence-electron chi connectivity index (χ4n) is 2.33. The Balaban J connectivity index is 2.89. The maximum absolute atomic E-state index is 12.7. The molecule has 1 unspecified atom stereocenters. The predicted octanol–water partition coefficient (Wildman–Crippen LogP) is 6.03. The van der Waals surface area contributed by atoms with E-state index in [-0.39, 0.29) is 5.92 Å². The zero-order chi connectivity index (χ0) is 14.5. The van der Waals surface area contributed by atoms with Gasteiger partial charge in [0, 0.05) is 0 Å². The number of alkyl halides is 3. The Morgan fingerprint density at radius 2 is 1.74 bits per heavy atom. The predicted molar refractivity (Wildman–Crippen MR) is 73.2 cm³/mol. The number of rotatable bonds is 6. The molecule has 0 aliphatic carbocycles. The van der Waals surface area contributed by atoms with Crippen LogP contribution in [0.2, 0.25) is 0 Å². The van der Waals surface area contributed by atoms with Crippen molar-refractivity contribution in [2.75, 3.05) is 0 Å². The number of hydrogen-bond acceptors (Lipinski definition) is 0. The molecule has 0 aliphatic rings. The average Bonchev–Trinajstić information content (AvgIpc) is 2.33. The lowest BCUT2D eigenvalue weighted by Gasteiger charge is -2.19. The molecule has 0 radical (unpaired) electrons. The molecule has 3 heteroatoms. The summed E-state index contributed by atoms with van der Waals surface area (Å²) in [6.45, 7) is 6.38. The van der Waals surface area contributed by atoms with Crippen LogP contribution in [0.4, 0.5) is 13.2 Å². The maximum atomic E-state index is 12.7. The molecule has 1 aromatic rings. The second kappa shape index (κ2) is 6.97. The highest BCUT2D eigenvalue weighted by molar-refractivity contribution is 5.28. The molecule has 0 aliphatic heterocycles. The SMILES string of the molecule is CCCC(CCC(C)C)c1cccc(C(F)(F)F)c1. The first kappa shape index (κ1) is 16.1. The molecule has 0 bridgehead atoms. The van der Waals surface area contributed by atoms with Crippen LogP contribution in [0.5, 0.6) is 0 Å². The van der Waals surface area contributed by atoms with Gasteiger partial charge in [0.05, 0.1) is 5.56 Å². The van der Waals surface area contributed by atoms with Gasteiger partial charge in [-0.25, -0.2) is 0 Å². The second-order valence-corrected chi connectivity index (χ2v) is 5.58. The maximum Gasteiger partial charge on any atom is 0.416 e. The molecule has 0 saturated carbocycles. The van der Waals surface area contributed by atoms with E-state index in [1.165, 1.54) is 12.1 Å². The lowest BCUT2D eigenvalue weighted by molar-refractivity contribution is -0.137. The number of benzene rings is 1. The topological polar surface area (TPSA) is 0 Å². The van der Waals surface area contributed by atoms with E-state index in [0.29, 0.717) is 5.92 Å². The van der Waals surface area contributed by atoms with Gasteiger partial charge in [-0.1, -0.05) is 51.8 Å². The van der Waals surface area contributed by atoms with Crippen molar-refractivity contribution in [3.8, 4) is 0 Å². The highest BCUT2D eigenvalue weighted by Gasteiger charge is 2.30. The van der Waals surface area contributed by atoms with Crippen molar-refractivity contribution in [2.24, 2.45) is 5.92 Å². The summed E-state index contributed by atoms with van der Waals surface area (Å²) < 4.78 is 38.2. The van der Waals surface area contributed by atoms with Gasteiger partial charge in [-0.2, -0.15) is 13.2 Å². The monoisotopic (exact) mass is 272 g/mol. The first-order valence-electron chi connectivity index (χ1n) is 7.01. The third-order valence-electron chi connectivity index (χ3n) is 3.41. The van der Waals surface area contributed by atoms with Crippen LogP contribution < -0.4 is 0 Å². The molecule has 0 saturated heterocycles. The Labute approximate surface area is 114 Å². The highest BCUT2D eigenvalue weighted by atomic mass is 19.4. The Bertz CT molecular complexity index is 380. The van der Waals surface area contributed by atoms with Gasteiger partial charge < -0.3 is 0 Å². The molecule has 108 valence electrons. The van der Waals surface area contributed by atoms with Crippen molar-refractivity contribution in [1.82, 2.24) is 0 Å². The first-order chi connectivity index (χ1) is 8.84. The van der Waals surface area contributed by atoms with E-state index < -0.39 is 11.7 Å². The summed E-state index contributed by atoms with van der Waals surface area (Å²) in [5.74, 6) is 0.833. The van der Waals surface area contributed by atoms with E-state index in [0.717, 1.165) is 37.3 Å². The standard InChI is InChI=1S/C16H23F3/c1-4-6-13(10-9-12(2)3)14-7-5-8-15(11-14)16(17,18)19/h5,7-8,11-13H,4,6,9-10H2,1-3H3. The van der Waals surface area contributed by atoms with Gasteiger partial charge in [0.2, 0.25) is 0 Å². The molecule has 0 nitrogen and oxygen atoms in total. The summed E-state index contributed by atoms with van der Waals surface area (Å²) >= 11 is 0. The van der Waals surface area contributed by atoms with E-state index in [2.05, 4.69) is 20.8 Å². The van der Waals surface area contributed by atoms with E-state index in [9.17, 15) is 13.2 Å². The summed E-state index contributed by atoms with van der Waals surface area (Å²) in [7, 11) is 0. The third kappa shape index (κ3) is 5.25. The summed E-state index contributed by atoms with van der Waals surface area (Å²) in [5.41, 5.74) is 0.299. The fourth-order valence-corrected chi connectivity index (χ4v) is 2.33. The van der Waals surface area contributed by atoms with Crippen LogP contribution in [0.3, 0.4) is 0 Å². The normalized spacial score (nSPS) is 13.8.